The molecular formula is C11H22N2. The average Bonchev–Trinajstić information content (AvgIpc) is 2.46. The molecule has 1 saturated carbocycles. The Morgan fingerprint density at radius 3 is 2.31 bits per heavy atom. The minimum atomic E-state index is 0.778. The predicted molar refractivity (Wildman–Crippen MR) is 55.8 cm³/mol. The molecule has 76 valence electrons. The first kappa shape index (κ1) is 9.47. The summed E-state index contributed by atoms with van der Waals surface area (Å²) in [6, 6.07) is 1.58. The second-order valence-corrected chi connectivity index (χ2v) is 4.85. The summed E-state index contributed by atoms with van der Waals surface area (Å²) in [5, 5.41) is 3.65. The summed E-state index contributed by atoms with van der Waals surface area (Å²) < 4.78 is 0. The van der Waals surface area contributed by atoms with Gasteiger partial charge in [-0.05, 0) is 52.2 Å². The Kier molecular flexibility index (Phi) is 2.89. The lowest BCUT2D eigenvalue weighted by Gasteiger charge is -2.41. The van der Waals surface area contributed by atoms with Crippen molar-refractivity contribution in [3.05, 3.63) is 0 Å². The van der Waals surface area contributed by atoms with Crippen molar-refractivity contribution in [1.29, 1.82) is 0 Å². The zero-order chi connectivity index (χ0) is 9.26. The van der Waals surface area contributed by atoms with E-state index in [2.05, 4.69) is 24.3 Å². The van der Waals surface area contributed by atoms with Gasteiger partial charge in [0.1, 0.15) is 0 Å². The van der Waals surface area contributed by atoms with Gasteiger partial charge >= 0.3 is 0 Å². The molecule has 2 unspecified atom stereocenters. The number of hydrogen-bond donors (Lipinski definition) is 1. The van der Waals surface area contributed by atoms with Crippen molar-refractivity contribution in [2.75, 3.05) is 20.6 Å². The van der Waals surface area contributed by atoms with Gasteiger partial charge < -0.3 is 10.2 Å². The second kappa shape index (κ2) is 3.97. The fourth-order valence-electron chi connectivity index (χ4n) is 2.89. The van der Waals surface area contributed by atoms with Gasteiger partial charge in [0.2, 0.25) is 0 Å². The number of hydrogen-bond acceptors (Lipinski definition) is 2. The van der Waals surface area contributed by atoms with Gasteiger partial charge in [-0.25, -0.2) is 0 Å². The van der Waals surface area contributed by atoms with E-state index in [4.69, 9.17) is 0 Å². The van der Waals surface area contributed by atoms with E-state index >= 15 is 0 Å². The van der Waals surface area contributed by atoms with Gasteiger partial charge in [0.15, 0.2) is 0 Å². The van der Waals surface area contributed by atoms with Crippen molar-refractivity contribution >= 4 is 0 Å². The van der Waals surface area contributed by atoms with Crippen LogP contribution in [0.25, 0.3) is 0 Å². The fourth-order valence-corrected chi connectivity index (χ4v) is 2.89. The van der Waals surface area contributed by atoms with Crippen LogP contribution in [0.5, 0.6) is 0 Å². The monoisotopic (exact) mass is 182 g/mol. The Bertz CT molecular complexity index is 157. The Hall–Kier alpha value is -0.0800. The molecule has 0 bridgehead atoms. The van der Waals surface area contributed by atoms with E-state index < -0.39 is 0 Å². The van der Waals surface area contributed by atoms with Crippen molar-refractivity contribution in [2.45, 2.75) is 44.2 Å². The molecule has 1 N–H and O–H groups in total. The maximum Gasteiger partial charge on any atom is 0.0271 e. The number of nitrogens with zero attached hydrogens (tertiary/aromatic N) is 1. The summed E-state index contributed by atoms with van der Waals surface area (Å²) in [7, 11) is 4.48. The highest BCUT2D eigenvalue weighted by Crippen LogP contribution is 2.34. The van der Waals surface area contributed by atoms with Crippen LogP contribution in [0, 0.1) is 5.92 Å². The smallest absolute Gasteiger partial charge is 0.0271 e. The lowest BCUT2D eigenvalue weighted by molar-refractivity contribution is 0.111. The van der Waals surface area contributed by atoms with Gasteiger partial charge in [0.05, 0.1) is 0 Å². The predicted octanol–water partition coefficient (Wildman–Crippen LogP) is 1.47. The van der Waals surface area contributed by atoms with Gasteiger partial charge in [-0.3, -0.25) is 0 Å². The van der Waals surface area contributed by atoms with Gasteiger partial charge in [0.25, 0.3) is 0 Å². The molecule has 0 aromatic rings. The van der Waals surface area contributed by atoms with Crippen molar-refractivity contribution < 1.29 is 0 Å². The quantitative estimate of drug-likeness (QED) is 0.711. The van der Waals surface area contributed by atoms with E-state index in [1.807, 2.05) is 0 Å². The van der Waals surface area contributed by atoms with Crippen LogP contribution in [-0.2, 0) is 0 Å². The lowest BCUT2D eigenvalue weighted by atomic mass is 9.76. The maximum atomic E-state index is 3.65. The van der Waals surface area contributed by atoms with Crippen LogP contribution >= 0.6 is 0 Å². The summed E-state index contributed by atoms with van der Waals surface area (Å²) in [4.78, 5) is 2.44. The van der Waals surface area contributed by atoms with Crippen molar-refractivity contribution in [3.63, 3.8) is 0 Å². The van der Waals surface area contributed by atoms with E-state index in [-0.39, 0.29) is 0 Å². The molecule has 13 heavy (non-hydrogen) atoms. The van der Waals surface area contributed by atoms with Crippen LogP contribution in [0.1, 0.15) is 32.1 Å². The first-order valence-electron chi connectivity index (χ1n) is 5.69. The topological polar surface area (TPSA) is 15.3 Å². The molecule has 0 aromatic heterocycles. The Balaban J connectivity index is 1.94. The summed E-state index contributed by atoms with van der Waals surface area (Å²) in [6.07, 6.45) is 7.14. The van der Waals surface area contributed by atoms with E-state index in [0.717, 1.165) is 18.0 Å². The van der Waals surface area contributed by atoms with Crippen molar-refractivity contribution in [2.24, 2.45) is 5.92 Å². The molecule has 0 aromatic carbocycles. The minimum absolute atomic E-state index is 0.778. The summed E-state index contributed by atoms with van der Waals surface area (Å²) in [6.45, 7) is 1.24. The van der Waals surface area contributed by atoms with E-state index in [0.29, 0.717) is 0 Å². The maximum absolute atomic E-state index is 3.65. The van der Waals surface area contributed by atoms with Crippen molar-refractivity contribution in [3.8, 4) is 0 Å². The van der Waals surface area contributed by atoms with Gasteiger partial charge in [-0.1, -0.05) is 6.42 Å². The molecule has 2 fully saturated rings. The Morgan fingerprint density at radius 2 is 1.92 bits per heavy atom. The molecule has 2 aliphatic rings. The first-order chi connectivity index (χ1) is 6.29. The molecule has 1 aliphatic carbocycles. The number of likely N-dealkylation sites (N-methyl/N-ethyl adjacent to an activating group) is 1. The zero-order valence-corrected chi connectivity index (χ0v) is 8.92. The first-order valence-corrected chi connectivity index (χ1v) is 5.69. The Labute approximate surface area is 81.7 Å². The normalized spacial score (nSPS) is 32.1. The van der Waals surface area contributed by atoms with Crippen molar-refractivity contribution in [1.82, 2.24) is 10.2 Å². The molecule has 0 amide bonds. The molecule has 1 aliphatic heterocycles. The summed E-state index contributed by atoms with van der Waals surface area (Å²) >= 11 is 0. The highest BCUT2D eigenvalue weighted by atomic mass is 15.2. The van der Waals surface area contributed by atoms with Gasteiger partial charge in [-0.15, -0.1) is 0 Å². The SMILES string of the molecule is CN(C)C(C1CCC1)C1CCCN1. The van der Waals surface area contributed by atoms with Crippen LogP contribution in [0.2, 0.25) is 0 Å². The Morgan fingerprint density at radius 1 is 1.15 bits per heavy atom. The molecule has 0 radical (unpaired) electrons. The third-order valence-electron chi connectivity index (χ3n) is 3.74. The third-order valence-corrected chi connectivity index (χ3v) is 3.74. The summed E-state index contributed by atoms with van der Waals surface area (Å²) in [5.41, 5.74) is 0. The largest absolute Gasteiger partial charge is 0.312 e. The fraction of sp³-hybridized carbons (Fsp3) is 1.00. The molecular weight excluding hydrogens is 160 g/mol. The van der Waals surface area contributed by atoms with Gasteiger partial charge in [0, 0.05) is 12.1 Å². The molecule has 2 atom stereocenters. The lowest BCUT2D eigenvalue weighted by Crippen LogP contribution is -2.50. The van der Waals surface area contributed by atoms with Crippen LogP contribution < -0.4 is 5.32 Å². The molecule has 0 spiro atoms. The second-order valence-electron chi connectivity index (χ2n) is 4.85. The standard InChI is InChI=1S/C11H22N2/c1-13(2)11(9-5-3-6-9)10-7-4-8-12-10/h9-12H,3-8H2,1-2H3. The van der Waals surface area contributed by atoms with Crippen LogP contribution in [0.15, 0.2) is 0 Å². The van der Waals surface area contributed by atoms with Gasteiger partial charge in [-0.2, -0.15) is 0 Å². The molecule has 2 heteroatoms. The van der Waals surface area contributed by atoms with E-state index in [1.54, 1.807) is 0 Å². The highest BCUT2D eigenvalue weighted by molar-refractivity contribution is 4.93. The van der Waals surface area contributed by atoms with Crippen LogP contribution in [0.3, 0.4) is 0 Å². The average molecular weight is 182 g/mol. The number of rotatable bonds is 3. The highest BCUT2D eigenvalue weighted by Gasteiger charge is 2.35. The number of nitrogens with one attached hydrogen (secondary N) is 1. The van der Waals surface area contributed by atoms with Crippen LogP contribution in [0.4, 0.5) is 0 Å². The van der Waals surface area contributed by atoms with E-state index in [9.17, 15) is 0 Å². The zero-order valence-electron chi connectivity index (χ0n) is 8.92. The molecule has 2 nitrogen and oxygen atoms in total. The molecule has 1 heterocycles. The summed E-state index contributed by atoms with van der Waals surface area (Å²) in [5.74, 6) is 0.977. The van der Waals surface area contributed by atoms with Crippen LogP contribution in [-0.4, -0.2) is 37.6 Å². The van der Waals surface area contributed by atoms with E-state index in [1.165, 1.54) is 38.6 Å². The third kappa shape index (κ3) is 1.89. The molecule has 1 saturated heterocycles. The minimum Gasteiger partial charge on any atom is -0.312 e. The molecule has 2 rings (SSSR count).